The van der Waals surface area contributed by atoms with E-state index < -0.39 is 0 Å². The number of likely N-dealkylation sites (tertiary alicyclic amines) is 1. The first kappa shape index (κ1) is 26.0. The molecule has 1 saturated carbocycles. The van der Waals surface area contributed by atoms with Crippen molar-refractivity contribution >= 4 is 12.0 Å². The molecule has 2 bridgehead atoms. The van der Waals surface area contributed by atoms with Gasteiger partial charge >= 0.3 is 0 Å². The Morgan fingerprint density at radius 2 is 2.10 bits per heavy atom. The van der Waals surface area contributed by atoms with E-state index in [0.29, 0.717) is 35.9 Å². The van der Waals surface area contributed by atoms with Crippen LogP contribution in [0.1, 0.15) is 49.8 Å². The van der Waals surface area contributed by atoms with Gasteiger partial charge in [-0.25, -0.2) is 0 Å². The van der Waals surface area contributed by atoms with Gasteiger partial charge in [0.2, 0.25) is 5.91 Å². The first-order valence-corrected chi connectivity index (χ1v) is 14.4. The predicted octanol–water partition coefficient (Wildman–Crippen LogP) is 5.19. The van der Waals surface area contributed by atoms with Crippen LogP contribution in [0.4, 0.5) is 0 Å². The number of ether oxygens (including phenoxy) is 2. The van der Waals surface area contributed by atoms with Gasteiger partial charge in [0.1, 0.15) is 11.9 Å². The summed E-state index contributed by atoms with van der Waals surface area (Å²) in [5, 5.41) is 11.2. The molecule has 6 heteroatoms. The van der Waals surface area contributed by atoms with E-state index in [0.717, 1.165) is 61.2 Å². The number of phenolic OH excluding ortho intramolecular Hbond substituents is 1. The molecule has 4 aliphatic rings. The summed E-state index contributed by atoms with van der Waals surface area (Å²) in [7, 11) is 1.64. The highest BCUT2D eigenvalue weighted by atomic mass is 16.5. The summed E-state index contributed by atoms with van der Waals surface area (Å²) in [5.41, 5.74) is 2.90. The Kier molecular flexibility index (Phi) is 6.70. The van der Waals surface area contributed by atoms with E-state index in [9.17, 15) is 9.90 Å². The van der Waals surface area contributed by atoms with Gasteiger partial charge in [-0.2, -0.15) is 0 Å². The maximum Gasteiger partial charge on any atom is 0.246 e. The molecule has 39 heavy (non-hydrogen) atoms. The fraction of sp³-hybridized carbons (Fsp3) is 0.485. The Hall–Kier alpha value is -3.25. The number of phenols is 1. The molecule has 206 valence electrons. The number of carbonyl (C=O) groups excluding carboxylic acids is 1. The van der Waals surface area contributed by atoms with Crippen LogP contribution in [0.25, 0.3) is 6.08 Å². The Balaban J connectivity index is 1.43. The molecule has 2 aromatic rings. The van der Waals surface area contributed by atoms with Crippen molar-refractivity contribution in [2.24, 2.45) is 11.8 Å². The third kappa shape index (κ3) is 4.07. The minimum atomic E-state index is -0.251. The number of methoxy groups -OCH3 is 1. The molecule has 1 N–H and O–H groups in total. The number of carbonyl (C=O) groups is 1. The Morgan fingerprint density at radius 3 is 2.82 bits per heavy atom. The van der Waals surface area contributed by atoms with Crippen molar-refractivity contribution in [1.29, 1.82) is 0 Å². The average molecular weight is 529 g/mol. The van der Waals surface area contributed by atoms with Crippen molar-refractivity contribution in [3.63, 3.8) is 0 Å². The van der Waals surface area contributed by atoms with Gasteiger partial charge in [0, 0.05) is 47.8 Å². The van der Waals surface area contributed by atoms with Gasteiger partial charge in [-0.1, -0.05) is 50.3 Å². The van der Waals surface area contributed by atoms with Gasteiger partial charge in [-0.3, -0.25) is 9.69 Å². The highest BCUT2D eigenvalue weighted by Crippen LogP contribution is 2.65. The Bertz CT molecular complexity index is 1290. The summed E-state index contributed by atoms with van der Waals surface area (Å²) in [6, 6.07) is 11.9. The summed E-state index contributed by atoms with van der Waals surface area (Å²) in [5.74, 6) is 2.40. The second kappa shape index (κ2) is 10.1. The molecular formula is C33H40N2O4. The topological polar surface area (TPSA) is 62.2 Å². The first-order chi connectivity index (χ1) is 18.9. The second-order valence-electron chi connectivity index (χ2n) is 12.0. The molecule has 6 nitrogen and oxygen atoms in total. The zero-order chi connectivity index (χ0) is 27.3. The van der Waals surface area contributed by atoms with Crippen LogP contribution in [0.15, 0.2) is 55.1 Å². The van der Waals surface area contributed by atoms with Gasteiger partial charge < -0.3 is 19.5 Å². The molecule has 2 aromatic carbocycles. The smallest absolute Gasteiger partial charge is 0.246 e. The average Bonchev–Trinajstić information content (AvgIpc) is 3.27. The fourth-order valence-corrected chi connectivity index (χ4v) is 8.12. The van der Waals surface area contributed by atoms with Crippen LogP contribution in [0.3, 0.4) is 0 Å². The number of piperidine rings is 1. The zero-order valence-electron chi connectivity index (χ0n) is 23.3. The number of hydrogen-bond donors (Lipinski definition) is 1. The molecule has 6 rings (SSSR count). The second-order valence-corrected chi connectivity index (χ2v) is 12.0. The molecule has 1 saturated heterocycles. The van der Waals surface area contributed by atoms with Gasteiger partial charge in [0.25, 0.3) is 0 Å². The van der Waals surface area contributed by atoms with E-state index in [1.165, 1.54) is 0 Å². The lowest BCUT2D eigenvalue weighted by Gasteiger charge is -2.60. The van der Waals surface area contributed by atoms with E-state index in [4.69, 9.17) is 9.47 Å². The summed E-state index contributed by atoms with van der Waals surface area (Å²) in [6.07, 6.45) is 9.08. The van der Waals surface area contributed by atoms with Crippen LogP contribution in [-0.2, 0) is 16.6 Å². The Labute approximate surface area is 231 Å². The molecular weight excluding hydrogens is 488 g/mol. The molecule has 1 amide bonds. The van der Waals surface area contributed by atoms with Crippen LogP contribution in [0, 0.1) is 11.8 Å². The van der Waals surface area contributed by atoms with E-state index >= 15 is 0 Å². The molecule has 0 aromatic heterocycles. The molecule has 2 heterocycles. The number of aromatic hydroxyl groups is 1. The lowest BCUT2D eigenvalue weighted by Crippen LogP contribution is -2.69. The van der Waals surface area contributed by atoms with E-state index in [-0.39, 0.29) is 23.5 Å². The maximum atomic E-state index is 13.9. The van der Waals surface area contributed by atoms with E-state index in [1.807, 2.05) is 42.5 Å². The molecule has 2 fully saturated rings. The molecule has 1 spiro atoms. The number of benzene rings is 2. The third-order valence-corrected chi connectivity index (χ3v) is 9.54. The summed E-state index contributed by atoms with van der Waals surface area (Å²) < 4.78 is 12.7. The van der Waals surface area contributed by atoms with Crippen molar-refractivity contribution in [3.8, 4) is 17.2 Å². The van der Waals surface area contributed by atoms with Crippen LogP contribution in [0.2, 0.25) is 0 Å². The predicted molar refractivity (Wildman–Crippen MR) is 153 cm³/mol. The Morgan fingerprint density at radius 1 is 1.31 bits per heavy atom. The van der Waals surface area contributed by atoms with Crippen molar-refractivity contribution in [2.75, 3.05) is 26.7 Å². The highest BCUT2D eigenvalue weighted by Gasteiger charge is 2.67. The monoisotopic (exact) mass is 528 g/mol. The minimum absolute atomic E-state index is 0.0263. The van der Waals surface area contributed by atoms with Crippen molar-refractivity contribution in [1.82, 2.24) is 9.80 Å². The summed E-state index contributed by atoms with van der Waals surface area (Å²) in [4.78, 5) is 18.5. The van der Waals surface area contributed by atoms with Crippen molar-refractivity contribution in [3.05, 3.63) is 71.8 Å². The van der Waals surface area contributed by atoms with Crippen LogP contribution >= 0.6 is 0 Å². The lowest BCUT2D eigenvalue weighted by molar-refractivity contribution is -0.138. The number of amides is 1. The number of hydrogen-bond acceptors (Lipinski definition) is 5. The molecule has 2 aliphatic carbocycles. The van der Waals surface area contributed by atoms with Crippen LogP contribution in [0.5, 0.6) is 17.2 Å². The SMILES string of the molecule is C=CCN1CC[C@]23c4c5c(O)cc(OC)c4O[C@H]2[C@H](N(CC(C)C)C(=O)C=Cc2ccccc2)CC[C@H]3[C@H]1C5. The quantitative estimate of drug-likeness (QED) is 0.377. The van der Waals surface area contributed by atoms with Gasteiger partial charge in [-0.15, -0.1) is 6.58 Å². The van der Waals surface area contributed by atoms with Crippen LogP contribution < -0.4 is 9.47 Å². The minimum Gasteiger partial charge on any atom is -0.508 e. The summed E-state index contributed by atoms with van der Waals surface area (Å²) in [6.45, 7) is 10.8. The standard InChI is InChI=1S/C33H40N2O4/c1-5-16-34-17-15-33-24-12-13-25(35(20-21(2)3)29(37)14-11-22-9-7-6-8-10-22)32(33)39-31-28(38-4)19-27(36)23(30(31)33)18-26(24)34/h5-11,14,19,21,24-26,32,36H,1,12-13,15-18,20H2,2-4H3/t24-,25+,26+,32-,33-/m0/s1. The van der Waals surface area contributed by atoms with Crippen molar-refractivity contribution < 1.29 is 19.4 Å². The lowest BCUT2D eigenvalue weighted by atomic mass is 9.50. The maximum absolute atomic E-state index is 13.9. The van der Waals surface area contributed by atoms with Crippen LogP contribution in [-0.4, -0.2) is 65.7 Å². The molecule has 0 radical (unpaired) electrons. The molecule has 0 unspecified atom stereocenters. The number of nitrogens with zero attached hydrogens (tertiary/aromatic N) is 2. The van der Waals surface area contributed by atoms with E-state index in [1.54, 1.807) is 19.3 Å². The zero-order valence-corrected chi connectivity index (χ0v) is 23.3. The van der Waals surface area contributed by atoms with Crippen molar-refractivity contribution in [2.45, 2.75) is 63.1 Å². The largest absolute Gasteiger partial charge is 0.508 e. The molecule has 2 aliphatic heterocycles. The van der Waals surface area contributed by atoms with Gasteiger partial charge in [0.05, 0.1) is 13.2 Å². The van der Waals surface area contributed by atoms with E-state index in [2.05, 4.69) is 30.2 Å². The number of rotatable bonds is 8. The fourth-order valence-electron chi connectivity index (χ4n) is 8.12. The molecule has 5 atom stereocenters. The van der Waals surface area contributed by atoms with Gasteiger partial charge in [0.15, 0.2) is 11.5 Å². The first-order valence-electron chi connectivity index (χ1n) is 14.4. The normalized spacial score (nSPS) is 28.7. The highest BCUT2D eigenvalue weighted by molar-refractivity contribution is 5.92. The summed E-state index contributed by atoms with van der Waals surface area (Å²) >= 11 is 0. The third-order valence-electron chi connectivity index (χ3n) is 9.54. The van der Waals surface area contributed by atoms with Gasteiger partial charge in [-0.05, 0) is 55.7 Å².